The molecule has 0 saturated carbocycles. The number of benzene rings is 2. The number of aliphatic hydroxyl groups is 1. The number of ether oxygens (including phenoxy) is 1. The molecule has 168 valence electrons. The molecule has 0 bridgehead atoms. The quantitative estimate of drug-likeness (QED) is 0.433. The number of hydrogen-bond acceptors (Lipinski definition) is 6. The number of Topliss-reactive ketones (excluding diaryl/α,β-unsaturated/α-hetero) is 1. The fourth-order valence-corrected chi connectivity index (χ4v) is 3.97. The third-order valence-corrected chi connectivity index (χ3v) is 5.64. The minimum Gasteiger partial charge on any atom is -0.503 e. The first-order valence-corrected chi connectivity index (χ1v) is 10.5. The maximum absolute atomic E-state index is 13.3. The number of hydrogen-bond donors (Lipinski definition) is 1. The Labute approximate surface area is 190 Å². The molecular formula is C26H23NO6. The smallest absolute Gasteiger partial charge is 0.337 e. The summed E-state index contributed by atoms with van der Waals surface area (Å²) in [5, 5.41) is 10.7. The van der Waals surface area contributed by atoms with Crippen LogP contribution in [0.4, 0.5) is 0 Å². The predicted octanol–water partition coefficient (Wildman–Crippen LogP) is 4.20. The average molecular weight is 445 g/mol. The number of methoxy groups -OCH3 is 1. The van der Waals surface area contributed by atoms with E-state index in [2.05, 4.69) is 0 Å². The number of furan rings is 1. The van der Waals surface area contributed by atoms with Gasteiger partial charge in [0.15, 0.2) is 11.5 Å². The molecule has 0 aliphatic carbocycles. The molecule has 1 amide bonds. The molecule has 1 atom stereocenters. The molecule has 0 spiro atoms. The summed E-state index contributed by atoms with van der Waals surface area (Å²) in [7, 11) is 1.29. The number of esters is 1. The molecule has 0 radical (unpaired) electrons. The van der Waals surface area contributed by atoms with Gasteiger partial charge in [0.2, 0.25) is 5.78 Å². The van der Waals surface area contributed by atoms with Crippen molar-refractivity contribution in [3.8, 4) is 0 Å². The van der Waals surface area contributed by atoms with Crippen LogP contribution in [0.3, 0.4) is 0 Å². The maximum atomic E-state index is 13.3. The predicted molar refractivity (Wildman–Crippen MR) is 120 cm³/mol. The Morgan fingerprint density at radius 2 is 1.73 bits per heavy atom. The first-order valence-electron chi connectivity index (χ1n) is 10.5. The van der Waals surface area contributed by atoms with Crippen LogP contribution in [-0.4, -0.2) is 41.3 Å². The molecule has 2 aromatic carbocycles. The molecule has 1 aromatic heterocycles. The lowest BCUT2D eigenvalue weighted by molar-refractivity contribution is -0.129. The van der Waals surface area contributed by atoms with E-state index >= 15 is 0 Å². The molecule has 7 heteroatoms. The Balaban J connectivity index is 1.72. The van der Waals surface area contributed by atoms with Gasteiger partial charge in [-0.05, 0) is 48.7 Å². The Morgan fingerprint density at radius 1 is 1.03 bits per heavy atom. The van der Waals surface area contributed by atoms with Crippen molar-refractivity contribution in [1.29, 1.82) is 0 Å². The number of aliphatic hydroxyl groups excluding tert-OH is 1. The zero-order valence-corrected chi connectivity index (χ0v) is 18.3. The summed E-state index contributed by atoms with van der Waals surface area (Å²) >= 11 is 0. The third kappa shape index (κ3) is 4.30. The molecule has 1 aliphatic rings. The number of ketones is 1. The van der Waals surface area contributed by atoms with Crippen LogP contribution in [-0.2, 0) is 16.0 Å². The van der Waals surface area contributed by atoms with Gasteiger partial charge in [-0.1, -0.05) is 42.5 Å². The molecular weight excluding hydrogens is 422 g/mol. The van der Waals surface area contributed by atoms with Crippen LogP contribution >= 0.6 is 0 Å². The zero-order chi connectivity index (χ0) is 23.5. The highest BCUT2D eigenvalue weighted by Gasteiger charge is 2.44. The van der Waals surface area contributed by atoms with Crippen molar-refractivity contribution in [2.45, 2.75) is 19.4 Å². The van der Waals surface area contributed by atoms with E-state index in [4.69, 9.17) is 9.15 Å². The molecule has 0 fully saturated rings. The highest BCUT2D eigenvalue weighted by molar-refractivity contribution is 6.15. The van der Waals surface area contributed by atoms with Gasteiger partial charge in [0.25, 0.3) is 5.91 Å². The Hall–Kier alpha value is -4.13. The van der Waals surface area contributed by atoms with E-state index in [0.29, 0.717) is 23.3 Å². The van der Waals surface area contributed by atoms with Gasteiger partial charge in [0.1, 0.15) is 5.76 Å². The topological polar surface area (TPSA) is 97.0 Å². The summed E-state index contributed by atoms with van der Waals surface area (Å²) in [5.41, 5.74) is 1.89. The van der Waals surface area contributed by atoms with Gasteiger partial charge >= 0.3 is 5.97 Å². The fraction of sp³-hybridized carbons (Fsp3) is 0.192. The monoisotopic (exact) mass is 445 g/mol. The number of nitrogens with zero attached hydrogens (tertiary/aromatic N) is 1. The second-order valence-electron chi connectivity index (χ2n) is 7.75. The second-order valence-corrected chi connectivity index (χ2v) is 7.75. The lowest BCUT2D eigenvalue weighted by atomic mass is 9.94. The fourth-order valence-electron chi connectivity index (χ4n) is 3.97. The van der Waals surface area contributed by atoms with Crippen molar-refractivity contribution < 1.29 is 28.6 Å². The van der Waals surface area contributed by atoms with Crippen molar-refractivity contribution in [3.63, 3.8) is 0 Å². The van der Waals surface area contributed by atoms with Gasteiger partial charge in [-0.2, -0.15) is 0 Å². The first kappa shape index (κ1) is 22.1. The molecule has 0 saturated heterocycles. The summed E-state index contributed by atoms with van der Waals surface area (Å²) in [6, 6.07) is 18.4. The van der Waals surface area contributed by atoms with Gasteiger partial charge in [-0.15, -0.1) is 0 Å². The summed E-state index contributed by atoms with van der Waals surface area (Å²) in [6.45, 7) is 1.99. The van der Waals surface area contributed by atoms with Crippen LogP contribution in [0.5, 0.6) is 0 Å². The van der Waals surface area contributed by atoms with Crippen molar-refractivity contribution in [1.82, 2.24) is 4.90 Å². The maximum Gasteiger partial charge on any atom is 0.337 e. The van der Waals surface area contributed by atoms with E-state index in [1.54, 1.807) is 37.3 Å². The van der Waals surface area contributed by atoms with Gasteiger partial charge in [0, 0.05) is 6.54 Å². The average Bonchev–Trinajstić information content (AvgIpc) is 3.38. The SMILES string of the molecule is COC(=O)c1ccc(C2C(C(=O)c3ccc(C)o3)=C(O)C(=O)N2CCc2ccccc2)cc1. The minimum atomic E-state index is -0.828. The van der Waals surface area contributed by atoms with Gasteiger partial charge < -0.3 is 19.2 Å². The van der Waals surface area contributed by atoms with Crippen molar-refractivity contribution in [2.75, 3.05) is 13.7 Å². The van der Waals surface area contributed by atoms with Crippen LogP contribution in [0.15, 0.2) is 82.5 Å². The molecule has 1 N–H and O–H groups in total. The lowest BCUT2D eigenvalue weighted by Gasteiger charge is -2.27. The highest BCUT2D eigenvalue weighted by Crippen LogP contribution is 2.39. The molecule has 2 heterocycles. The first-order chi connectivity index (χ1) is 15.9. The molecule has 4 rings (SSSR count). The molecule has 1 unspecified atom stereocenters. The van der Waals surface area contributed by atoms with Gasteiger partial charge in [0.05, 0.1) is 24.3 Å². The molecule has 3 aromatic rings. The molecule has 1 aliphatic heterocycles. The van der Waals surface area contributed by atoms with Crippen LogP contribution < -0.4 is 0 Å². The second kappa shape index (κ2) is 9.16. The zero-order valence-electron chi connectivity index (χ0n) is 18.3. The molecule has 7 nitrogen and oxygen atoms in total. The van der Waals surface area contributed by atoms with E-state index in [9.17, 15) is 19.5 Å². The number of rotatable bonds is 7. The summed E-state index contributed by atoms with van der Waals surface area (Å²) in [4.78, 5) is 39.6. The summed E-state index contributed by atoms with van der Waals surface area (Å²) in [6.07, 6.45) is 0.540. The number of carbonyl (C=O) groups is 3. The van der Waals surface area contributed by atoms with Crippen LogP contribution in [0.2, 0.25) is 0 Å². The molecule has 33 heavy (non-hydrogen) atoms. The third-order valence-electron chi connectivity index (χ3n) is 5.64. The number of carbonyl (C=O) groups excluding carboxylic acids is 3. The van der Waals surface area contributed by atoms with E-state index in [0.717, 1.165) is 5.56 Å². The van der Waals surface area contributed by atoms with E-state index in [1.165, 1.54) is 18.1 Å². The Kier molecular flexibility index (Phi) is 6.13. The van der Waals surface area contributed by atoms with Crippen molar-refractivity contribution >= 4 is 17.7 Å². The van der Waals surface area contributed by atoms with Crippen LogP contribution in [0.25, 0.3) is 0 Å². The lowest BCUT2D eigenvalue weighted by Crippen LogP contribution is -2.33. The Morgan fingerprint density at radius 3 is 2.33 bits per heavy atom. The van der Waals surface area contributed by atoms with Gasteiger partial charge in [-0.25, -0.2) is 4.79 Å². The standard InChI is InChI=1S/C26H23NO6/c1-16-8-13-20(33-16)23(28)21-22(18-9-11-19(12-10-18)26(31)32-2)27(25(30)24(21)29)15-14-17-6-4-3-5-7-17/h3-13,22,29H,14-15H2,1-2H3. The summed E-state index contributed by atoms with van der Waals surface area (Å²) in [5.74, 6) is -1.68. The van der Waals surface area contributed by atoms with Crippen LogP contribution in [0.1, 0.15) is 43.8 Å². The summed E-state index contributed by atoms with van der Waals surface area (Å²) < 4.78 is 10.2. The highest BCUT2D eigenvalue weighted by atomic mass is 16.5. The van der Waals surface area contributed by atoms with Gasteiger partial charge in [-0.3, -0.25) is 9.59 Å². The Bertz CT molecular complexity index is 1220. The minimum absolute atomic E-state index is 0.0444. The van der Waals surface area contributed by atoms with E-state index < -0.39 is 29.5 Å². The van der Waals surface area contributed by atoms with E-state index in [-0.39, 0.29) is 17.9 Å². The van der Waals surface area contributed by atoms with Crippen molar-refractivity contribution in [3.05, 3.63) is 106 Å². The normalized spacial score (nSPS) is 15.8. The van der Waals surface area contributed by atoms with Crippen molar-refractivity contribution in [2.24, 2.45) is 0 Å². The number of amides is 1. The largest absolute Gasteiger partial charge is 0.503 e. The number of aryl methyl sites for hydroxylation is 1. The van der Waals surface area contributed by atoms with E-state index in [1.807, 2.05) is 30.3 Å². The van der Waals surface area contributed by atoms with Crippen LogP contribution in [0, 0.1) is 6.92 Å².